The summed E-state index contributed by atoms with van der Waals surface area (Å²) < 4.78 is 0. The van der Waals surface area contributed by atoms with Crippen molar-refractivity contribution in [1.29, 1.82) is 0 Å². The average molecular weight is 646 g/mol. The van der Waals surface area contributed by atoms with Gasteiger partial charge < -0.3 is 16.0 Å². The number of amides is 3. The summed E-state index contributed by atoms with van der Waals surface area (Å²) in [6, 6.07) is 39.1. The molecule has 0 radical (unpaired) electrons. The van der Waals surface area contributed by atoms with Gasteiger partial charge in [0.2, 0.25) is 5.91 Å². The molecule has 46 heavy (non-hydrogen) atoms. The Morgan fingerprint density at radius 2 is 1.39 bits per heavy atom. The van der Waals surface area contributed by atoms with Gasteiger partial charge in [0.05, 0.1) is 5.25 Å². The number of hydrogen-bond donors (Lipinski definition) is 3. The van der Waals surface area contributed by atoms with Crippen molar-refractivity contribution < 1.29 is 14.4 Å². The van der Waals surface area contributed by atoms with E-state index in [0.717, 1.165) is 27.1 Å². The molecule has 0 saturated carbocycles. The van der Waals surface area contributed by atoms with E-state index >= 15 is 0 Å². The zero-order valence-electron chi connectivity index (χ0n) is 25.3. The highest BCUT2D eigenvalue weighted by molar-refractivity contribution is 8.00. The first-order valence-corrected chi connectivity index (χ1v) is 15.9. The van der Waals surface area contributed by atoms with Gasteiger partial charge in [-0.05, 0) is 84.6 Å². The number of carbonyl (C=O) groups excluding carboxylic acids is 3. The fourth-order valence-electron chi connectivity index (χ4n) is 4.59. The SMILES string of the molecule is Cc1c(Cl)cccc1NC(=O)C(C)Sc1cccc(NC(=O)/C(=C\c2ccc(-c3ccccc3)cc2)NC(=O)c2ccccc2)c1. The summed E-state index contributed by atoms with van der Waals surface area (Å²) >= 11 is 7.56. The van der Waals surface area contributed by atoms with Crippen molar-refractivity contribution in [3.05, 3.63) is 155 Å². The van der Waals surface area contributed by atoms with Crippen LogP contribution in [-0.2, 0) is 9.59 Å². The second-order valence-corrected chi connectivity index (χ2v) is 12.3. The fraction of sp³-hybridized carbons (Fsp3) is 0.0789. The molecule has 230 valence electrons. The maximum Gasteiger partial charge on any atom is 0.272 e. The largest absolute Gasteiger partial charge is 0.325 e. The third-order valence-electron chi connectivity index (χ3n) is 7.16. The summed E-state index contributed by atoms with van der Waals surface area (Å²) in [6.07, 6.45) is 1.65. The van der Waals surface area contributed by atoms with E-state index in [0.29, 0.717) is 22.0 Å². The molecule has 5 rings (SSSR count). The van der Waals surface area contributed by atoms with Gasteiger partial charge in [0.1, 0.15) is 5.70 Å². The molecule has 1 unspecified atom stereocenters. The average Bonchev–Trinajstić information content (AvgIpc) is 3.07. The lowest BCUT2D eigenvalue weighted by Gasteiger charge is -2.15. The molecule has 1 atom stereocenters. The van der Waals surface area contributed by atoms with Gasteiger partial charge in [0.25, 0.3) is 11.8 Å². The standard InChI is InChI=1S/C38H32ClN3O3S/c1-25-33(39)17-10-18-34(25)41-36(43)26(2)46-32-16-9-15-31(24-32)40-38(45)35(42-37(44)30-13-7-4-8-14-30)23-27-19-21-29(22-20-27)28-11-5-3-6-12-28/h3-24,26H,1-2H3,(H,40,45)(H,41,43)(H,42,44)/b35-23+. The Labute approximate surface area is 277 Å². The van der Waals surface area contributed by atoms with Crippen LogP contribution in [0.1, 0.15) is 28.4 Å². The smallest absolute Gasteiger partial charge is 0.272 e. The first-order valence-electron chi connectivity index (χ1n) is 14.6. The minimum Gasteiger partial charge on any atom is -0.325 e. The molecule has 5 aromatic rings. The number of hydrogen-bond acceptors (Lipinski definition) is 4. The van der Waals surface area contributed by atoms with E-state index in [1.165, 1.54) is 11.8 Å². The van der Waals surface area contributed by atoms with Gasteiger partial charge in [-0.1, -0.05) is 96.5 Å². The van der Waals surface area contributed by atoms with Crippen LogP contribution in [0.3, 0.4) is 0 Å². The van der Waals surface area contributed by atoms with Crippen LogP contribution in [-0.4, -0.2) is 23.0 Å². The maximum atomic E-state index is 13.6. The van der Waals surface area contributed by atoms with Gasteiger partial charge in [0.15, 0.2) is 0 Å². The van der Waals surface area contributed by atoms with E-state index in [1.807, 2.05) is 86.6 Å². The first kappa shape index (κ1) is 32.3. The molecule has 3 amide bonds. The lowest BCUT2D eigenvalue weighted by molar-refractivity contribution is -0.115. The molecule has 0 spiro atoms. The predicted molar refractivity (Wildman–Crippen MR) is 189 cm³/mol. The monoisotopic (exact) mass is 645 g/mol. The Bertz CT molecular complexity index is 1880. The predicted octanol–water partition coefficient (Wildman–Crippen LogP) is 8.84. The normalized spacial score (nSPS) is 11.8. The third-order valence-corrected chi connectivity index (χ3v) is 8.66. The minimum absolute atomic E-state index is 0.0870. The van der Waals surface area contributed by atoms with Crippen LogP contribution >= 0.6 is 23.4 Å². The van der Waals surface area contributed by atoms with Crippen molar-refractivity contribution in [2.45, 2.75) is 24.0 Å². The van der Waals surface area contributed by atoms with Crippen LogP contribution in [0.4, 0.5) is 11.4 Å². The van der Waals surface area contributed by atoms with Gasteiger partial charge in [-0.25, -0.2) is 0 Å². The maximum absolute atomic E-state index is 13.6. The lowest BCUT2D eigenvalue weighted by atomic mass is 10.0. The minimum atomic E-state index is -0.485. The number of anilines is 2. The van der Waals surface area contributed by atoms with E-state index in [4.69, 9.17) is 11.6 Å². The molecular weight excluding hydrogens is 614 g/mol. The molecule has 6 nitrogen and oxygen atoms in total. The zero-order valence-corrected chi connectivity index (χ0v) is 26.9. The molecule has 0 aromatic heterocycles. The van der Waals surface area contributed by atoms with Crippen LogP contribution in [0, 0.1) is 6.92 Å². The van der Waals surface area contributed by atoms with E-state index in [2.05, 4.69) is 16.0 Å². The number of benzene rings is 5. The van der Waals surface area contributed by atoms with Gasteiger partial charge in [0, 0.05) is 26.9 Å². The summed E-state index contributed by atoms with van der Waals surface area (Å²) in [5.74, 6) is -1.06. The van der Waals surface area contributed by atoms with Crippen molar-refractivity contribution >= 4 is 58.5 Å². The van der Waals surface area contributed by atoms with Crippen molar-refractivity contribution in [3.8, 4) is 11.1 Å². The quantitative estimate of drug-likeness (QED) is 0.105. The number of nitrogens with one attached hydrogen (secondary N) is 3. The number of thioether (sulfide) groups is 1. The molecule has 0 heterocycles. The van der Waals surface area contributed by atoms with Crippen molar-refractivity contribution in [2.75, 3.05) is 10.6 Å². The Hall–Kier alpha value is -5.11. The molecular formula is C38H32ClN3O3S. The van der Waals surface area contributed by atoms with Crippen LogP contribution in [0.15, 0.2) is 138 Å². The lowest BCUT2D eigenvalue weighted by Crippen LogP contribution is -2.30. The van der Waals surface area contributed by atoms with Crippen LogP contribution in [0.2, 0.25) is 5.02 Å². The Morgan fingerprint density at radius 3 is 2.11 bits per heavy atom. The fourth-order valence-corrected chi connectivity index (χ4v) is 5.69. The van der Waals surface area contributed by atoms with Gasteiger partial charge in [-0.3, -0.25) is 14.4 Å². The molecule has 0 aliphatic rings. The topological polar surface area (TPSA) is 87.3 Å². The Balaban J connectivity index is 1.32. The zero-order chi connectivity index (χ0) is 32.5. The first-order chi connectivity index (χ1) is 22.3. The summed E-state index contributed by atoms with van der Waals surface area (Å²) in [4.78, 5) is 40.4. The van der Waals surface area contributed by atoms with Crippen LogP contribution in [0.25, 0.3) is 17.2 Å². The highest BCUT2D eigenvalue weighted by Crippen LogP contribution is 2.29. The summed E-state index contributed by atoms with van der Waals surface area (Å²) in [6.45, 7) is 3.67. The number of halogens is 1. The molecule has 0 aliphatic heterocycles. The van der Waals surface area contributed by atoms with E-state index in [1.54, 1.807) is 60.7 Å². The summed E-state index contributed by atoms with van der Waals surface area (Å²) in [5, 5.41) is 8.78. The second-order valence-electron chi connectivity index (χ2n) is 10.5. The third kappa shape index (κ3) is 8.53. The molecule has 3 N–H and O–H groups in total. The molecule has 5 aromatic carbocycles. The number of rotatable bonds is 10. The molecule has 0 saturated heterocycles. The molecule has 0 bridgehead atoms. The van der Waals surface area contributed by atoms with E-state index < -0.39 is 17.1 Å². The van der Waals surface area contributed by atoms with E-state index in [9.17, 15) is 14.4 Å². The second kappa shape index (κ2) is 15.3. The van der Waals surface area contributed by atoms with Gasteiger partial charge >= 0.3 is 0 Å². The van der Waals surface area contributed by atoms with Crippen LogP contribution < -0.4 is 16.0 Å². The number of carbonyl (C=O) groups is 3. The highest BCUT2D eigenvalue weighted by atomic mass is 35.5. The Morgan fingerprint density at radius 1 is 0.739 bits per heavy atom. The van der Waals surface area contributed by atoms with Crippen LogP contribution in [0.5, 0.6) is 0 Å². The molecule has 0 fully saturated rings. The van der Waals surface area contributed by atoms with Crippen molar-refractivity contribution in [2.24, 2.45) is 0 Å². The molecule has 8 heteroatoms. The van der Waals surface area contributed by atoms with Gasteiger partial charge in [-0.15, -0.1) is 11.8 Å². The molecule has 0 aliphatic carbocycles. The highest BCUT2D eigenvalue weighted by Gasteiger charge is 2.18. The van der Waals surface area contributed by atoms with Crippen molar-refractivity contribution in [1.82, 2.24) is 5.32 Å². The Kier molecular flexibility index (Phi) is 10.7. The summed E-state index contributed by atoms with van der Waals surface area (Å²) in [7, 11) is 0. The summed E-state index contributed by atoms with van der Waals surface area (Å²) in [5.41, 5.74) is 5.37. The van der Waals surface area contributed by atoms with Gasteiger partial charge in [-0.2, -0.15) is 0 Å². The van der Waals surface area contributed by atoms with Crippen molar-refractivity contribution in [3.63, 3.8) is 0 Å². The van der Waals surface area contributed by atoms with E-state index in [-0.39, 0.29) is 11.6 Å².